The van der Waals surface area contributed by atoms with E-state index in [2.05, 4.69) is 42.4 Å². The highest BCUT2D eigenvalue weighted by atomic mass is 79.9. The topological polar surface area (TPSA) is 80.2 Å². The Kier molecular flexibility index (Phi) is 5.06. The molecule has 0 radical (unpaired) electrons. The lowest BCUT2D eigenvalue weighted by molar-refractivity contribution is -0.130. The standard InChI is InChI=1S/C16H12Br2N2O4/c17-10-6-11(18)12(21)5-9(10)7-19-20-16(22)15-8-23-13-3-1-2-4-14(13)24-15/h1-7,15,21H,8H2,(H,20,22)/b19-7-/t15-/m1/s1. The van der Waals surface area contributed by atoms with Gasteiger partial charge in [0.2, 0.25) is 6.10 Å². The molecule has 2 aromatic rings. The van der Waals surface area contributed by atoms with Crippen LogP contribution in [-0.2, 0) is 4.79 Å². The molecule has 1 heterocycles. The summed E-state index contributed by atoms with van der Waals surface area (Å²) in [5, 5.41) is 13.6. The van der Waals surface area contributed by atoms with Crippen LogP contribution in [0, 0.1) is 0 Å². The fourth-order valence-electron chi connectivity index (χ4n) is 2.04. The number of phenols is 1. The van der Waals surface area contributed by atoms with E-state index in [9.17, 15) is 9.90 Å². The van der Waals surface area contributed by atoms with Crippen molar-refractivity contribution >= 4 is 44.0 Å². The summed E-state index contributed by atoms with van der Waals surface area (Å²) in [5.74, 6) is 0.789. The van der Waals surface area contributed by atoms with E-state index in [1.165, 1.54) is 12.3 Å². The second-order valence-electron chi connectivity index (χ2n) is 4.92. The zero-order chi connectivity index (χ0) is 17.1. The van der Waals surface area contributed by atoms with Crippen LogP contribution in [0.1, 0.15) is 5.56 Å². The molecule has 2 N–H and O–H groups in total. The molecule has 0 bridgehead atoms. The van der Waals surface area contributed by atoms with Crippen LogP contribution in [-0.4, -0.2) is 29.9 Å². The molecule has 2 aromatic carbocycles. The third-order valence-corrected chi connectivity index (χ3v) is 4.57. The highest BCUT2D eigenvalue weighted by Crippen LogP contribution is 2.31. The molecule has 1 aliphatic heterocycles. The Morgan fingerprint density at radius 2 is 2.00 bits per heavy atom. The van der Waals surface area contributed by atoms with Crippen molar-refractivity contribution in [1.29, 1.82) is 0 Å². The number of aromatic hydroxyl groups is 1. The van der Waals surface area contributed by atoms with Crippen molar-refractivity contribution in [1.82, 2.24) is 5.43 Å². The van der Waals surface area contributed by atoms with E-state index in [0.29, 0.717) is 21.5 Å². The van der Waals surface area contributed by atoms with Gasteiger partial charge in [0, 0.05) is 10.0 Å². The molecule has 0 spiro atoms. The van der Waals surface area contributed by atoms with Crippen molar-refractivity contribution in [2.75, 3.05) is 6.61 Å². The number of rotatable bonds is 3. The maximum absolute atomic E-state index is 12.1. The summed E-state index contributed by atoms with van der Waals surface area (Å²) in [7, 11) is 0. The average molecular weight is 456 g/mol. The second kappa shape index (κ2) is 7.23. The van der Waals surface area contributed by atoms with Crippen LogP contribution in [0.3, 0.4) is 0 Å². The summed E-state index contributed by atoms with van der Waals surface area (Å²) in [6.45, 7) is 0.112. The van der Waals surface area contributed by atoms with Gasteiger partial charge in [-0.25, -0.2) is 5.43 Å². The first-order valence-electron chi connectivity index (χ1n) is 6.94. The molecule has 1 aliphatic rings. The van der Waals surface area contributed by atoms with Gasteiger partial charge in [-0.2, -0.15) is 5.10 Å². The Morgan fingerprint density at radius 3 is 2.79 bits per heavy atom. The van der Waals surface area contributed by atoms with E-state index in [1.54, 1.807) is 24.3 Å². The first kappa shape index (κ1) is 16.8. The van der Waals surface area contributed by atoms with Gasteiger partial charge in [-0.1, -0.05) is 28.1 Å². The van der Waals surface area contributed by atoms with Crippen molar-refractivity contribution in [2.45, 2.75) is 6.10 Å². The van der Waals surface area contributed by atoms with Crippen LogP contribution in [0.15, 0.2) is 50.4 Å². The number of halogens is 2. The number of amides is 1. The van der Waals surface area contributed by atoms with Crippen LogP contribution in [0.4, 0.5) is 0 Å². The van der Waals surface area contributed by atoms with Gasteiger partial charge in [-0.3, -0.25) is 4.79 Å². The van der Waals surface area contributed by atoms with E-state index >= 15 is 0 Å². The van der Waals surface area contributed by atoms with Gasteiger partial charge in [-0.15, -0.1) is 0 Å². The molecule has 124 valence electrons. The number of nitrogens with zero attached hydrogens (tertiary/aromatic N) is 1. The van der Waals surface area contributed by atoms with Gasteiger partial charge < -0.3 is 14.6 Å². The van der Waals surface area contributed by atoms with Crippen molar-refractivity contribution < 1.29 is 19.4 Å². The number of fused-ring (bicyclic) bond motifs is 1. The van der Waals surface area contributed by atoms with Crippen LogP contribution in [0.25, 0.3) is 0 Å². The molecule has 0 aliphatic carbocycles. The van der Waals surface area contributed by atoms with Crippen molar-refractivity contribution in [3.8, 4) is 17.2 Å². The van der Waals surface area contributed by atoms with Crippen LogP contribution >= 0.6 is 31.9 Å². The van der Waals surface area contributed by atoms with E-state index < -0.39 is 12.0 Å². The summed E-state index contributed by atoms with van der Waals surface area (Å²) >= 11 is 6.57. The highest BCUT2D eigenvalue weighted by Gasteiger charge is 2.26. The molecule has 1 atom stereocenters. The lowest BCUT2D eigenvalue weighted by atomic mass is 10.2. The summed E-state index contributed by atoms with van der Waals surface area (Å²) in [6, 6.07) is 10.4. The van der Waals surface area contributed by atoms with Gasteiger partial charge in [0.25, 0.3) is 5.91 Å². The van der Waals surface area contributed by atoms with Gasteiger partial charge in [0.05, 0.1) is 10.7 Å². The first-order valence-corrected chi connectivity index (χ1v) is 8.52. The Hall–Kier alpha value is -2.06. The Morgan fingerprint density at radius 1 is 1.25 bits per heavy atom. The fraction of sp³-hybridized carbons (Fsp3) is 0.125. The molecule has 24 heavy (non-hydrogen) atoms. The number of hydrogen-bond donors (Lipinski definition) is 2. The Labute approximate surface area is 154 Å². The van der Waals surface area contributed by atoms with Gasteiger partial charge in [-0.05, 0) is 40.2 Å². The number of phenolic OH excluding ortho intramolecular Hbond substituents is 1. The number of nitrogens with one attached hydrogen (secondary N) is 1. The SMILES string of the molecule is O=C(N/N=C\c1cc(O)c(Br)cc1Br)[C@H]1COc2ccccc2O1. The molecule has 0 aromatic heterocycles. The largest absolute Gasteiger partial charge is 0.507 e. The minimum atomic E-state index is -0.779. The summed E-state index contributed by atoms with van der Waals surface area (Å²) in [4.78, 5) is 12.1. The van der Waals surface area contributed by atoms with Gasteiger partial charge in [0.15, 0.2) is 11.5 Å². The number of benzene rings is 2. The lowest BCUT2D eigenvalue weighted by Crippen LogP contribution is -2.42. The minimum absolute atomic E-state index is 0.0756. The molecule has 3 rings (SSSR count). The summed E-state index contributed by atoms with van der Waals surface area (Å²) < 4.78 is 12.4. The van der Waals surface area contributed by atoms with Crippen LogP contribution in [0.2, 0.25) is 0 Å². The summed E-state index contributed by atoms with van der Waals surface area (Å²) in [5.41, 5.74) is 3.02. The second-order valence-corrected chi connectivity index (χ2v) is 6.63. The molecule has 8 heteroatoms. The molecule has 0 saturated carbocycles. The normalized spacial score (nSPS) is 16.2. The number of hydrazone groups is 1. The molecular formula is C16H12Br2N2O4. The predicted molar refractivity (Wildman–Crippen MR) is 95.6 cm³/mol. The summed E-state index contributed by atoms with van der Waals surface area (Å²) in [6.07, 6.45) is 0.644. The molecule has 6 nitrogen and oxygen atoms in total. The maximum Gasteiger partial charge on any atom is 0.284 e. The average Bonchev–Trinajstić information content (AvgIpc) is 2.58. The Balaban J connectivity index is 1.63. The monoisotopic (exact) mass is 454 g/mol. The quantitative estimate of drug-likeness (QED) is 0.550. The Bertz CT molecular complexity index is 811. The number of carbonyl (C=O) groups excluding carboxylic acids is 1. The molecular weight excluding hydrogens is 444 g/mol. The van der Waals surface area contributed by atoms with Crippen molar-refractivity contribution in [3.63, 3.8) is 0 Å². The fourth-order valence-corrected chi connectivity index (χ4v) is 3.14. The van der Waals surface area contributed by atoms with E-state index in [-0.39, 0.29) is 12.4 Å². The van der Waals surface area contributed by atoms with Crippen molar-refractivity contribution in [3.05, 3.63) is 50.9 Å². The third kappa shape index (κ3) is 3.70. The predicted octanol–water partition coefficient (Wildman–Crippen LogP) is 3.21. The molecule has 0 fully saturated rings. The van der Waals surface area contributed by atoms with Gasteiger partial charge in [0.1, 0.15) is 12.4 Å². The lowest BCUT2D eigenvalue weighted by Gasteiger charge is -2.24. The molecule has 0 saturated heterocycles. The zero-order valence-electron chi connectivity index (χ0n) is 12.2. The third-order valence-electron chi connectivity index (χ3n) is 3.25. The molecule has 1 amide bonds. The first-order chi connectivity index (χ1) is 11.5. The number of carbonyl (C=O) groups is 1. The number of para-hydroxylation sites is 2. The number of hydrogen-bond acceptors (Lipinski definition) is 5. The van der Waals surface area contributed by atoms with E-state index in [0.717, 1.165) is 4.47 Å². The van der Waals surface area contributed by atoms with E-state index in [4.69, 9.17) is 9.47 Å². The van der Waals surface area contributed by atoms with Gasteiger partial charge >= 0.3 is 0 Å². The van der Waals surface area contributed by atoms with E-state index in [1.807, 2.05) is 6.07 Å². The maximum atomic E-state index is 12.1. The van der Waals surface area contributed by atoms with Crippen molar-refractivity contribution in [2.24, 2.45) is 5.10 Å². The smallest absolute Gasteiger partial charge is 0.284 e. The highest BCUT2D eigenvalue weighted by molar-refractivity contribution is 9.11. The zero-order valence-corrected chi connectivity index (χ0v) is 15.4. The van der Waals surface area contributed by atoms with Crippen LogP contribution < -0.4 is 14.9 Å². The minimum Gasteiger partial charge on any atom is -0.507 e. The number of ether oxygens (including phenoxy) is 2. The molecule has 0 unspecified atom stereocenters. The van der Waals surface area contributed by atoms with Crippen LogP contribution in [0.5, 0.6) is 17.2 Å².